The summed E-state index contributed by atoms with van der Waals surface area (Å²) < 4.78 is 5.26. The van der Waals surface area contributed by atoms with E-state index in [0.29, 0.717) is 0 Å². The largest absolute Gasteiger partial charge is 0.497 e. The van der Waals surface area contributed by atoms with E-state index in [9.17, 15) is 0 Å². The first-order valence-corrected chi connectivity index (χ1v) is 7.38. The fourth-order valence-corrected chi connectivity index (χ4v) is 2.56. The maximum Gasteiger partial charge on any atom is 0.120 e. The summed E-state index contributed by atoms with van der Waals surface area (Å²) >= 11 is 9.60. The van der Waals surface area contributed by atoms with E-state index < -0.39 is 0 Å². The maximum absolute atomic E-state index is 6.10. The van der Waals surface area contributed by atoms with Crippen LogP contribution >= 0.6 is 27.5 Å². The summed E-state index contributed by atoms with van der Waals surface area (Å²) in [4.78, 5) is 2.10. The van der Waals surface area contributed by atoms with Crippen molar-refractivity contribution in [1.82, 2.24) is 0 Å². The van der Waals surface area contributed by atoms with Crippen molar-refractivity contribution in [3.63, 3.8) is 0 Å². The number of alkyl halides is 1. The van der Waals surface area contributed by atoms with Gasteiger partial charge in [-0.25, -0.2) is 0 Å². The van der Waals surface area contributed by atoms with E-state index in [2.05, 4.69) is 20.8 Å². The minimum atomic E-state index is 0.731. The van der Waals surface area contributed by atoms with E-state index in [-0.39, 0.29) is 0 Å². The summed E-state index contributed by atoms with van der Waals surface area (Å²) in [6.07, 6.45) is 0. The van der Waals surface area contributed by atoms with E-state index >= 15 is 0 Å². The van der Waals surface area contributed by atoms with Gasteiger partial charge in [-0.15, -0.1) is 0 Å². The van der Waals surface area contributed by atoms with E-state index in [0.717, 1.165) is 27.5 Å². The third-order valence-electron chi connectivity index (χ3n) is 2.99. The molecule has 0 spiro atoms. The first-order valence-electron chi connectivity index (χ1n) is 5.88. The molecule has 0 unspecified atom stereocenters. The number of benzene rings is 2. The van der Waals surface area contributed by atoms with Crippen LogP contribution in [0.1, 0.15) is 5.56 Å². The molecule has 100 valence electrons. The van der Waals surface area contributed by atoms with Crippen molar-refractivity contribution in [3.05, 3.63) is 53.1 Å². The summed E-state index contributed by atoms with van der Waals surface area (Å²) in [6, 6.07) is 13.9. The van der Waals surface area contributed by atoms with Crippen molar-refractivity contribution in [1.29, 1.82) is 0 Å². The maximum atomic E-state index is 6.10. The van der Waals surface area contributed by atoms with Gasteiger partial charge in [0.15, 0.2) is 0 Å². The smallest absolute Gasteiger partial charge is 0.120 e. The Bertz CT molecular complexity index is 574. The highest BCUT2D eigenvalue weighted by molar-refractivity contribution is 9.08. The second-order valence-corrected chi connectivity index (χ2v) is 5.16. The monoisotopic (exact) mass is 339 g/mol. The van der Waals surface area contributed by atoms with Crippen molar-refractivity contribution in [3.8, 4) is 5.75 Å². The Balaban J connectivity index is 2.42. The van der Waals surface area contributed by atoms with E-state index in [4.69, 9.17) is 16.3 Å². The van der Waals surface area contributed by atoms with Crippen LogP contribution in [-0.4, -0.2) is 14.2 Å². The van der Waals surface area contributed by atoms with Gasteiger partial charge >= 0.3 is 0 Å². The molecule has 0 amide bonds. The number of ether oxygens (including phenoxy) is 1. The summed E-state index contributed by atoms with van der Waals surface area (Å²) in [5.41, 5.74) is 3.33. The molecule has 0 aromatic heterocycles. The van der Waals surface area contributed by atoms with Gasteiger partial charge < -0.3 is 9.64 Å². The summed E-state index contributed by atoms with van der Waals surface area (Å²) in [5, 5.41) is 1.52. The standard InChI is InChI=1S/C15H15BrClNO/c1-18(13-4-3-5-14(9-13)19-2)15-8-12(17)7-6-11(15)10-16/h3-9H,10H2,1-2H3. The molecular weight excluding hydrogens is 326 g/mol. The highest BCUT2D eigenvalue weighted by Gasteiger charge is 2.10. The molecule has 19 heavy (non-hydrogen) atoms. The van der Waals surface area contributed by atoms with Crippen LogP contribution in [0, 0.1) is 0 Å². The minimum Gasteiger partial charge on any atom is -0.497 e. The molecule has 0 bridgehead atoms. The second kappa shape index (κ2) is 6.31. The predicted molar refractivity (Wildman–Crippen MR) is 85.1 cm³/mol. The number of halogens is 2. The fourth-order valence-electron chi connectivity index (χ4n) is 1.92. The lowest BCUT2D eigenvalue weighted by atomic mass is 10.1. The molecule has 2 rings (SSSR count). The second-order valence-electron chi connectivity index (χ2n) is 4.17. The molecule has 2 nitrogen and oxygen atoms in total. The molecule has 0 radical (unpaired) electrons. The Morgan fingerprint density at radius 3 is 2.68 bits per heavy atom. The molecule has 2 aromatic rings. The SMILES string of the molecule is COc1cccc(N(C)c2cc(Cl)ccc2CBr)c1. The normalized spacial score (nSPS) is 10.3. The van der Waals surface area contributed by atoms with Crippen molar-refractivity contribution < 1.29 is 4.74 Å². The van der Waals surface area contributed by atoms with Gasteiger partial charge in [0.25, 0.3) is 0 Å². The molecule has 0 aliphatic rings. The molecule has 0 saturated heterocycles. The molecule has 0 heterocycles. The quantitative estimate of drug-likeness (QED) is 0.725. The number of methoxy groups -OCH3 is 1. The van der Waals surface area contributed by atoms with Crippen LogP contribution in [0.2, 0.25) is 5.02 Å². The average molecular weight is 341 g/mol. The molecule has 0 fully saturated rings. The lowest BCUT2D eigenvalue weighted by Gasteiger charge is -2.23. The van der Waals surface area contributed by atoms with Crippen LogP contribution < -0.4 is 9.64 Å². The molecule has 0 aliphatic carbocycles. The van der Waals surface area contributed by atoms with Gasteiger partial charge in [0.2, 0.25) is 0 Å². The lowest BCUT2D eigenvalue weighted by Crippen LogP contribution is -2.11. The molecule has 4 heteroatoms. The number of rotatable bonds is 4. The first-order chi connectivity index (χ1) is 9.15. The predicted octanol–water partition coefficient (Wildman–Crippen LogP) is 5.01. The van der Waals surface area contributed by atoms with Crippen LogP contribution in [-0.2, 0) is 5.33 Å². The third-order valence-corrected chi connectivity index (χ3v) is 3.83. The van der Waals surface area contributed by atoms with E-state index in [1.54, 1.807) is 7.11 Å². The molecule has 0 saturated carbocycles. The number of hydrogen-bond donors (Lipinski definition) is 0. The van der Waals surface area contributed by atoms with Crippen LogP contribution in [0.5, 0.6) is 5.75 Å². The minimum absolute atomic E-state index is 0.731. The van der Waals surface area contributed by atoms with Gasteiger partial charge in [-0.2, -0.15) is 0 Å². The van der Waals surface area contributed by atoms with E-state index in [1.165, 1.54) is 5.56 Å². The van der Waals surface area contributed by atoms with Crippen LogP contribution in [0.25, 0.3) is 0 Å². The van der Waals surface area contributed by atoms with Gasteiger partial charge in [-0.1, -0.05) is 39.7 Å². The average Bonchev–Trinajstić information content (AvgIpc) is 2.46. The fraction of sp³-hybridized carbons (Fsp3) is 0.200. The third kappa shape index (κ3) is 3.23. The van der Waals surface area contributed by atoms with Crippen molar-refractivity contribution in [2.75, 3.05) is 19.1 Å². The zero-order valence-electron chi connectivity index (χ0n) is 10.9. The highest BCUT2D eigenvalue weighted by atomic mass is 79.9. The van der Waals surface area contributed by atoms with Crippen LogP contribution in [0.15, 0.2) is 42.5 Å². The molecular formula is C15H15BrClNO. The van der Waals surface area contributed by atoms with Crippen molar-refractivity contribution in [2.24, 2.45) is 0 Å². The molecule has 0 atom stereocenters. The van der Waals surface area contributed by atoms with E-state index in [1.807, 2.05) is 49.5 Å². The Kier molecular flexibility index (Phi) is 4.72. The molecule has 0 aliphatic heterocycles. The van der Waals surface area contributed by atoms with Gasteiger partial charge in [-0.05, 0) is 29.8 Å². The van der Waals surface area contributed by atoms with Crippen LogP contribution in [0.3, 0.4) is 0 Å². The molecule has 2 aromatic carbocycles. The Morgan fingerprint density at radius 1 is 1.21 bits per heavy atom. The first kappa shape index (κ1) is 14.2. The van der Waals surface area contributed by atoms with Gasteiger partial charge in [0.05, 0.1) is 7.11 Å². The topological polar surface area (TPSA) is 12.5 Å². The zero-order valence-corrected chi connectivity index (χ0v) is 13.2. The Hall–Kier alpha value is -1.19. The summed E-state index contributed by atoms with van der Waals surface area (Å²) in [7, 11) is 3.69. The van der Waals surface area contributed by atoms with Gasteiger partial charge in [0.1, 0.15) is 5.75 Å². The molecule has 0 N–H and O–H groups in total. The zero-order chi connectivity index (χ0) is 13.8. The lowest BCUT2D eigenvalue weighted by molar-refractivity contribution is 0.415. The Morgan fingerprint density at radius 2 is 2.00 bits per heavy atom. The highest BCUT2D eigenvalue weighted by Crippen LogP contribution is 2.32. The van der Waals surface area contributed by atoms with Gasteiger partial charge in [-0.3, -0.25) is 0 Å². The number of anilines is 2. The summed E-state index contributed by atoms with van der Waals surface area (Å²) in [6.45, 7) is 0. The van der Waals surface area contributed by atoms with Crippen molar-refractivity contribution in [2.45, 2.75) is 5.33 Å². The van der Waals surface area contributed by atoms with Gasteiger partial charge in [0, 0.05) is 34.8 Å². The number of nitrogens with zero attached hydrogens (tertiary/aromatic N) is 1. The summed E-state index contributed by atoms with van der Waals surface area (Å²) in [5.74, 6) is 0.840. The number of hydrogen-bond acceptors (Lipinski definition) is 2. The van der Waals surface area contributed by atoms with Crippen molar-refractivity contribution >= 4 is 38.9 Å². The Labute approximate surface area is 127 Å². The van der Waals surface area contributed by atoms with Crippen LogP contribution in [0.4, 0.5) is 11.4 Å².